The average Bonchev–Trinajstić information content (AvgIpc) is 2.54. The lowest BCUT2D eigenvalue weighted by Gasteiger charge is -2.21. The second kappa shape index (κ2) is 6.42. The third-order valence-electron chi connectivity index (χ3n) is 3.70. The summed E-state index contributed by atoms with van der Waals surface area (Å²) in [6, 6.07) is 13.0. The Labute approximate surface area is 136 Å². The largest absolute Gasteiger partial charge is 0.366 e. The van der Waals surface area contributed by atoms with Crippen molar-refractivity contribution in [1.82, 2.24) is 0 Å². The van der Waals surface area contributed by atoms with Crippen molar-refractivity contribution < 1.29 is 13.2 Å². The monoisotopic (exact) mass is 332 g/mol. The van der Waals surface area contributed by atoms with E-state index in [-0.39, 0.29) is 10.5 Å². The van der Waals surface area contributed by atoms with E-state index in [2.05, 4.69) is 13.8 Å². The van der Waals surface area contributed by atoms with Crippen LogP contribution in [0, 0.1) is 0 Å². The summed E-state index contributed by atoms with van der Waals surface area (Å²) in [6.45, 7) is 4.10. The highest BCUT2D eigenvalue weighted by Crippen LogP contribution is 2.25. The van der Waals surface area contributed by atoms with E-state index >= 15 is 0 Å². The summed E-state index contributed by atoms with van der Waals surface area (Å²) >= 11 is 0. The minimum atomic E-state index is -3.70. The van der Waals surface area contributed by atoms with Gasteiger partial charge in [0.25, 0.3) is 10.0 Å². The van der Waals surface area contributed by atoms with Crippen molar-refractivity contribution >= 4 is 21.6 Å². The molecule has 6 heteroatoms. The summed E-state index contributed by atoms with van der Waals surface area (Å²) in [7, 11) is -2.19. The van der Waals surface area contributed by atoms with Gasteiger partial charge in [-0.05, 0) is 47.9 Å². The lowest BCUT2D eigenvalue weighted by atomic mass is 10.0. The Kier molecular flexibility index (Phi) is 4.75. The fourth-order valence-corrected chi connectivity index (χ4v) is 3.36. The first-order valence-corrected chi connectivity index (χ1v) is 8.66. The SMILES string of the molecule is CC(C)c1cccc(N(C)S(=O)(=O)c2ccc(C(N)=O)cc2)c1. The molecule has 2 N–H and O–H groups in total. The van der Waals surface area contributed by atoms with Crippen LogP contribution in [-0.4, -0.2) is 21.4 Å². The maximum atomic E-state index is 12.7. The highest BCUT2D eigenvalue weighted by atomic mass is 32.2. The van der Waals surface area contributed by atoms with Gasteiger partial charge >= 0.3 is 0 Å². The number of hydrogen-bond donors (Lipinski definition) is 1. The smallest absolute Gasteiger partial charge is 0.264 e. The Morgan fingerprint density at radius 2 is 1.70 bits per heavy atom. The molecule has 0 radical (unpaired) electrons. The molecule has 23 heavy (non-hydrogen) atoms. The zero-order valence-corrected chi connectivity index (χ0v) is 14.2. The number of carbonyl (C=O) groups is 1. The maximum absolute atomic E-state index is 12.7. The van der Waals surface area contributed by atoms with Crippen LogP contribution in [-0.2, 0) is 10.0 Å². The molecule has 0 spiro atoms. The Hall–Kier alpha value is -2.34. The number of anilines is 1. The molecular formula is C17H20N2O3S. The zero-order valence-electron chi connectivity index (χ0n) is 13.4. The summed E-state index contributed by atoms with van der Waals surface area (Å²) < 4.78 is 26.6. The third-order valence-corrected chi connectivity index (χ3v) is 5.50. The van der Waals surface area contributed by atoms with E-state index in [1.807, 2.05) is 18.2 Å². The molecule has 5 nitrogen and oxygen atoms in total. The van der Waals surface area contributed by atoms with Crippen molar-refractivity contribution in [2.75, 3.05) is 11.4 Å². The third kappa shape index (κ3) is 3.53. The summed E-state index contributed by atoms with van der Waals surface area (Å²) in [6.07, 6.45) is 0. The van der Waals surface area contributed by atoms with Crippen LogP contribution in [0.15, 0.2) is 53.4 Å². The van der Waals surface area contributed by atoms with Crippen molar-refractivity contribution in [2.45, 2.75) is 24.7 Å². The predicted octanol–water partition coefficient (Wildman–Crippen LogP) is 2.73. The molecule has 0 fully saturated rings. The minimum absolute atomic E-state index is 0.111. The van der Waals surface area contributed by atoms with Gasteiger partial charge in [0.1, 0.15) is 0 Å². The van der Waals surface area contributed by atoms with Gasteiger partial charge in [-0.1, -0.05) is 26.0 Å². The highest BCUT2D eigenvalue weighted by Gasteiger charge is 2.21. The molecule has 2 aromatic carbocycles. The first-order valence-electron chi connectivity index (χ1n) is 7.22. The van der Waals surface area contributed by atoms with Crippen LogP contribution in [0.5, 0.6) is 0 Å². The van der Waals surface area contributed by atoms with E-state index in [4.69, 9.17) is 5.73 Å². The fraction of sp³-hybridized carbons (Fsp3) is 0.235. The number of nitrogens with zero attached hydrogens (tertiary/aromatic N) is 1. The summed E-state index contributed by atoms with van der Waals surface area (Å²) in [5.41, 5.74) is 7.10. The normalized spacial score (nSPS) is 11.5. The predicted molar refractivity (Wildman–Crippen MR) is 91.1 cm³/mol. The quantitative estimate of drug-likeness (QED) is 0.914. The Morgan fingerprint density at radius 3 is 2.22 bits per heavy atom. The number of hydrogen-bond acceptors (Lipinski definition) is 3. The van der Waals surface area contributed by atoms with Crippen LogP contribution >= 0.6 is 0 Å². The maximum Gasteiger partial charge on any atom is 0.264 e. The summed E-state index contributed by atoms with van der Waals surface area (Å²) in [5.74, 6) is -0.284. The van der Waals surface area contributed by atoms with Crippen molar-refractivity contribution in [3.63, 3.8) is 0 Å². The Morgan fingerprint density at radius 1 is 1.09 bits per heavy atom. The van der Waals surface area contributed by atoms with Gasteiger partial charge < -0.3 is 5.73 Å². The average molecular weight is 332 g/mol. The number of primary amides is 1. The van der Waals surface area contributed by atoms with Crippen molar-refractivity contribution in [2.24, 2.45) is 5.73 Å². The van der Waals surface area contributed by atoms with E-state index < -0.39 is 15.9 Å². The number of sulfonamides is 1. The van der Waals surface area contributed by atoms with Crippen LogP contribution in [0.1, 0.15) is 35.7 Å². The van der Waals surface area contributed by atoms with E-state index in [9.17, 15) is 13.2 Å². The molecule has 0 saturated heterocycles. The zero-order chi connectivity index (χ0) is 17.2. The summed E-state index contributed by atoms with van der Waals surface area (Å²) in [5, 5.41) is 0. The van der Waals surface area contributed by atoms with E-state index in [0.717, 1.165) is 5.56 Å². The van der Waals surface area contributed by atoms with Crippen LogP contribution in [0.25, 0.3) is 0 Å². The van der Waals surface area contributed by atoms with Gasteiger partial charge in [0.05, 0.1) is 10.6 Å². The molecule has 122 valence electrons. The minimum Gasteiger partial charge on any atom is -0.366 e. The first-order chi connectivity index (χ1) is 10.7. The van der Waals surface area contributed by atoms with Gasteiger partial charge in [-0.3, -0.25) is 9.10 Å². The molecule has 0 unspecified atom stereocenters. The Balaban J connectivity index is 2.38. The molecule has 0 aromatic heterocycles. The van der Waals surface area contributed by atoms with Gasteiger partial charge in [0.2, 0.25) is 5.91 Å². The molecule has 0 saturated carbocycles. The summed E-state index contributed by atoms with van der Waals surface area (Å²) in [4.78, 5) is 11.2. The van der Waals surface area contributed by atoms with Crippen LogP contribution in [0.2, 0.25) is 0 Å². The standard InChI is InChI=1S/C17H20N2O3S/c1-12(2)14-5-4-6-15(11-14)19(3)23(21,22)16-9-7-13(8-10-16)17(18)20/h4-12H,1-3H3,(H2,18,20). The molecule has 0 aliphatic heterocycles. The molecular weight excluding hydrogens is 312 g/mol. The van der Waals surface area contributed by atoms with Crippen molar-refractivity contribution in [3.8, 4) is 0 Å². The van der Waals surface area contributed by atoms with Gasteiger partial charge in [-0.2, -0.15) is 0 Å². The molecule has 0 bridgehead atoms. The highest BCUT2D eigenvalue weighted by molar-refractivity contribution is 7.92. The number of rotatable bonds is 5. The molecule has 0 aliphatic rings. The number of nitrogens with two attached hydrogens (primary N) is 1. The van der Waals surface area contributed by atoms with Gasteiger partial charge in [0, 0.05) is 12.6 Å². The second-order valence-electron chi connectivity index (χ2n) is 5.61. The molecule has 1 amide bonds. The van der Waals surface area contributed by atoms with E-state index in [0.29, 0.717) is 11.6 Å². The van der Waals surface area contributed by atoms with Gasteiger partial charge in [0.15, 0.2) is 0 Å². The topological polar surface area (TPSA) is 80.5 Å². The molecule has 0 heterocycles. The lowest BCUT2D eigenvalue weighted by Crippen LogP contribution is -2.26. The molecule has 2 aromatic rings. The molecule has 0 atom stereocenters. The first kappa shape index (κ1) is 17.0. The number of benzene rings is 2. The molecule has 0 aliphatic carbocycles. The van der Waals surface area contributed by atoms with Gasteiger partial charge in [-0.25, -0.2) is 8.42 Å². The van der Waals surface area contributed by atoms with Crippen LogP contribution in [0.3, 0.4) is 0 Å². The molecule has 2 rings (SSSR count). The fourth-order valence-electron chi connectivity index (χ4n) is 2.17. The number of amides is 1. The van der Waals surface area contributed by atoms with Gasteiger partial charge in [-0.15, -0.1) is 0 Å². The van der Waals surface area contributed by atoms with Crippen LogP contribution < -0.4 is 10.0 Å². The Bertz CT molecular complexity index is 812. The van der Waals surface area contributed by atoms with E-state index in [1.165, 1.54) is 35.6 Å². The lowest BCUT2D eigenvalue weighted by molar-refractivity contribution is 0.1000. The van der Waals surface area contributed by atoms with Crippen molar-refractivity contribution in [3.05, 3.63) is 59.7 Å². The van der Waals surface area contributed by atoms with Crippen molar-refractivity contribution in [1.29, 1.82) is 0 Å². The van der Waals surface area contributed by atoms with Crippen LogP contribution in [0.4, 0.5) is 5.69 Å². The van der Waals surface area contributed by atoms with E-state index in [1.54, 1.807) is 6.07 Å². The second-order valence-corrected chi connectivity index (χ2v) is 7.58. The number of carbonyl (C=O) groups excluding carboxylic acids is 1.